The molecule has 0 amide bonds. The number of hydrogen-bond donors (Lipinski definition) is 1. The van der Waals surface area contributed by atoms with Crippen LogP contribution in [0.1, 0.15) is 62.7 Å². The van der Waals surface area contributed by atoms with E-state index in [1.54, 1.807) is 0 Å². The third-order valence-electron chi connectivity index (χ3n) is 6.45. The van der Waals surface area contributed by atoms with Crippen molar-refractivity contribution >= 4 is 14.9 Å². The highest BCUT2D eigenvalue weighted by Gasteiger charge is 2.28. The van der Waals surface area contributed by atoms with Crippen LogP contribution < -0.4 is 0 Å². The van der Waals surface area contributed by atoms with Crippen LogP contribution in [0.5, 0.6) is 0 Å². The van der Waals surface area contributed by atoms with Crippen LogP contribution in [0.15, 0.2) is 49.1 Å². The molecule has 0 aliphatic heterocycles. The average Bonchev–Trinajstić information content (AvgIpc) is 3.55. The van der Waals surface area contributed by atoms with Gasteiger partial charge in [-0.25, -0.2) is 4.98 Å². The summed E-state index contributed by atoms with van der Waals surface area (Å²) in [7, 11) is -1.10. The van der Waals surface area contributed by atoms with Crippen molar-refractivity contribution in [3.8, 4) is 0 Å². The molecule has 3 rings (SSSR count). The Hall–Kier alpha value is -1.99. The van der Waals surface area contributed by atoms with Crippen molar-refractivity contribution < 1.29 is 4.74 Å². The van der Waals surface area contributed by atoms with Crippen molar-refractivity contribution in [2.24, 2.45) is 0 Å². The van der Waals surface area contributed by atoms with Crippen molar-refractivity contribution in [1.82, 2.24) is 19.0 Å². The number of imidazole rings is 1. The lowest BCUT2D eigenvalue weighted by molar-refractivity contribution is 0.0849. The average molecular weight is 467 g/mol. The van der Waals surface area contributed by atoms with Crippen molar-refractivity contribution in [3.63, 3.8) is 0 Å². The van der Waals surface area contributed by atoms with Crippen molar-refractivity contribution in [2.45, 2.75) is 90.5 Å². The highest BCUT2D eigenvalue weighted by molar-refractivity contribution is 6.76. The van der Waals surface area contributed by atoms with Gasteiger partial charge < -0.3 is 18.8 Å². The molecule has 5 nitrogen and oxygen atoms in total. The monoisotopic (exact) mass is 466 g/mol. The van der Waals surface area contributed by atoms with Gasteiger partial charge in [-0.05, 0) is 36.5 Å². The molecule has 0 aliphatic rings. The van der Waals surface area contributed by atoms with Crippen LogP contribution in [0.2, 0.25) is 38.3 Å². The van der Waals surface area contributed by atoms with E-state index in [0.717, 1.165) is 12.4 Å². The number of ether oxygens (including phenoxy) is 1. The minimum atomic E-state index is -1.10. The zero-order chi connectivity index (χ0) is 23.7. The van der Waals surface area contributed by atoms with Gasteiger partial charge in [0.2, 0.25) is 0 Å². The minimum absolute atomic E-state index is 0.0522. The summed E-state index contributed by atoms with van der Waals surface area (Å²) in [5.41, 5.74) is 2.48. The molecule has 1 N–H and O–H groups in total. The summed E-state index contributed by atoms with van der Waals surface area (Å²) in [6.45, 7) is 13.6. The molecular formula is C26H43BN4OSi. The van der Waals surface area contributed by atoms with Crippen LogP contribution in [-0.4, -0.2) is 40.5 Å². The molecule has 7 heteroatoms. The van der Waals surface area contributed by atoms with Gasteiger partial charge in [0.1, 0.15) is 12.6 Å². The first-order valence-corrected chi connectivity index (χ1v) is 16.5. The second-order valence-corrected chi connectivity index (χ2v) is 16.1. The second kappa shape index (κ2) is 12.5. The van der Waals surface area contributed by atoms with Crippen molar-refractivity contribution in [2.75, 3.05) is 6.61 Å². The Morgan fingerprint density at radius 1 is 1.06 bits per heavy atom. The summed E-state index contributed by atoms with van der Waals surface area (Å²) >= 11 is 0. The van der Waals surface area contributed by atoms with Crippen molar-refractivity contribution in [3.05, 3.63) is 66.3 Å². The SMILES string of the molecule is CCCCB(CCCC)n1cccc1C(c1ccc[nH]1)c1nccn1COCC[Si](C)(C)C. The molecule has 0 fully saturated rings. The third kappa shape index (κ3) is 7.25. The molecule has 0 spiro atoms. The van der Waals surface area contributed by atoms with Gasteiger partial charge in [-0.15, -0.1) is 0 Å². The van der Waals surface area contributed by atoms with Crippen LogP contribution in [0.25, 0.3) is 0 Å². The fraction of sp³-hybridized carbons (Fsp3) is 0.577. The van der Waals surface area contributed by atoms with E-state index in [1.807, 2.05) is 12.4 Å². The van der Waals surface area contributed by atoms with E-state index in [4.69, 9.17) is 9.72 Å². The fourth-order valence-electron chi connectivity index (χ4n) is 4.47. The molecule has 0 aromatic carbocycles. The number of aromatic amines is 1. The summed E-state index contributed by atoms with van der Waals surface area (Å²) in [4.78, 5) is 8.32. The molecule has 0 bridgehead atoms. The van der Waals surface area contributed by atoms with E-state index in [0.29, 0.717) is 13.6 Å². The minimum Gasteiger partial charge on any atom is -0.395 e. The van der Waals surface area contributed by atoms with E-state index in [-0.39, 0.29) is 5.92 Å². The second-order valence-electron chi connectivity index (χ2n) is 10.4. The van der Waals surface area contributed by atoms with E-state index in [1.165, 1.54) is 55.8 Å². The molecule has 0 radical (unpaired) electrons. The summed E-state index contributed by atoms with van der Waals surface area (Å²) in [6, 6.07) is 9.92. The van der Waals surface area contributed by atoms with Gasteiger partial charge in [0.05, 0.1) is 5.92 Å². The number of aromatic nitrogens is 4. The normalized spacial score (nSPS) is 12.9. The lowest BCUT2D eigenvalue weighted by Crippen LogP contribution is -2.28. The largest absolute Gasteiger partial charge is 0.395 e. The number of unbranched alkanes of at least 4 members (excludes halogenated alkanes) is 2. The van der Waals surface area contributed by atoms with Crippen molar-refractivity contribution in [1.29, 1.82) is 0 Å². The third-order valence-corrected chi connectivity index (χ3v) is 8.15. The Morgan fingerprint density at radius 3 is 2.45 bits per heavy atom. The van der Waals surface area contributed by atoms with Crippen LogP contribution in [0.3, 0.4) is 0 Å². The van der Waals surface area contributed by atoms with Gasteiger partial charge in [-0.1, -0.05) is 71.8 Å². The number of hydrogen-bond acceptors (Lipinski definition) is 2. The first-order chi connectivity index (χ1) is 15.9. The van der Waals surface area contributed by atoms with Gasteiger partial charge in [0.15, 0.2) is 0 Å². The van der Waals surface area contributed by atoms with Gasteiger partial charge >= 0.3 is 0 Å². The summed E-state index contributed by atoms with van der Waals surface area (Å²) < 4.78 is 10.8. The van der Waals surface area contributed by atoms with Gasteiger partial charge in [0, 0.05) is 44.7 Å². The number of H-pyrrole nitrogens is 1. The van der Waals surface area contributed by atoms with Gasteiger partial charge in [-0.3, -0.25) is 0 Å². The molecule has 33 heavy (non-hydrogen) atoms. The van der Waals surface area contributed by atoms with E-state index in [2.05, 4.69) is 84.2 Å². The Kier molecular flexibility index (Phi) is 9.68. The quantitative estimate of drug-likeness (QED) is 0.195. The van der Waals surface area contributed by atoms with E-state index in [9.17, 15) is 0 Å². The molecule has 0 saturated carbocycles. The van der Waals surface area contributed by atoms with E-state index < -0.39 is 8.07 Å². The highest BCUT2D eigenvalue weighted by atomic mass is 28.3. The van der Waals surface area contributed by atoms with Gasteiger partial charge in [-0.2, -0.15) is 0 Å². The molecule has 180 valence electrons. The Labute approximate surface area is 202 Å². The molecule has 1 atom stereocenters. The Bertz CT molecular complexity index is 920. The maximum Gasteiger partial charge on any atom is 0.259 e. The zero-order valence-corrected chi connectivity index (χ0v) is 22.4. The highest BCUT2D eigenvalue weighted by Crippen LogP contribution is 2.32. The standard InChI is InChI=1S/C26H43BN4OSi/c1-6-8-14-27(15-9-7-2)31-18-11-13-24(31)25(23-12-10-16-28-23)26-29-17-19-30(26)22-32-20-21-33(3,4)5/h10-13,16-19,25,28H,6-9,14-15,20-22H2,1-5H3. The summed E-state index contributed by atoms with van der Waals surface area (Å²) in [5.74, 6) is 1.09. The lowest BCUT2D eigenvalue weighted by Gasteiger charge is -2.24. The predicted molar refractivity (Wildman–Crippen MR) is 143 cm³/mol. The van der Waals surface area contributed by atoms with Gasteiger partial charge in [0.25, 0.3) is 6.85 Å². The maximum absolute atomic E-state index is 6.10. The lowest BCUT2D eigenvalue weighted by atomic mass is 9.53. The van der Waals surface area contributed by atoms with Crippen LogP contribution in [-0.2, 0) is 11.5 Å². The molecule has 3 aromatic heterocycles. The molecular weight excluding hydrogens is 423 g/mol. The van der Waals surface area contributed by atoms with Crippen LogP contribution >= 0.6 is 0 Å². The molecule has 0 aliphatic carbocycles. The van der Waals surface area contributed by atoms with E-state index >= 15 is 0 Å². The first-order valence-electron chi connectivity index (χ1n) is 12.8. The number of rotatable bonds is 15. The number of nitrogens with one attached hydrogen (secondary N) is 1. The first kappa shape index (κ1) is 25.6. The van der Waals surface area contributed by atoms with Crippen LogP contribution in [0.4, 0.5) is 0 Å². The maximum atomic E-state index is 6.10. The Balaban J connectivity index is 1.89. The summed E-state index contributed by atoms with van der Waals surface area (Å²) in [5, 5.41) is 0. The molecule has 3 heterocycles. The Morgan fingerprint density at radius 2 is 1.82 bits per heavy atom. The molecule has 3 aromatic rings. The topological polar surface area (TPSA) is 47.8 Å². The smallest absolute Gasteiger partial charge is 0.259 e. The molecule has 1 unspecified atom stereocenters. The summed E-state index contributed by atoms with van der Waals surface area (Å²) in [6.07, 6.45) is 15.7. The fourth-order valence-corrected chi connectivity index (χ4v) is 5.23. The predicted octanol–water partition coefficient (Wildman–Crippen LogP) is 6.95. The van der Waals surface area contributed by atoms with Crippen LogP contribution in [0, 0.1) is 0 Å². The number of nitrogens with zero attached hydrogens (tertiary/aromatic N) is 3. The zero-order valence-electron chi connectivity index (χ0n) is 21.4. The molecule has 0 saturated heterocycles.